The molecule has 5 nitrogen and oxygen atoms in total. The number of carbonyl (C=O) groups excluding carboxylic acids is 1. The summed E-state index contributed by atoms with van der Waals surface area (Å²) in [5.41, 5.74) is 4.58. The van der Waals surface area contributed by atoms with Gasteiger partial charge < -0.3 is 4.74 Å². The Kier molecular flexibility index (Phi) is 6.75. The Balaban J connectivity index is 1.37. The van der Waals surface area contributed by atoms with Gasteiger partial charge in [0, 0.05) is 6.08 Å². The predicted octanol–water partition coefficient (Wildman–Crippen LogP) is 6.27. The molecule has 162 valence electrons. The van der Waals surface area contributed by atoms with Gasteiger partial charge in [-0.3, -0.25) is 4.79 Å². The van der Waals surface area contributed by atoms with Crippen LogP contribution in [0.3, 0.4) is 0 Å². The van der Waals surface area contributed by atoms with Crippen LogP contribution in [0, 0.1) is 5.92 Å². The van der Waals surface area contributed by atoms with E-state index in [1.165, 1.54) is 17.2 Å². The molecule has 4 rings (SSSR count). The zero-order valence-corrected chi connectivity index (χ0v) is 18.4. The molecule has 0 saturated carbocycles. The monoisotopic (exact) mass is 425 g/mol. The third kappa shape index (κ3) is 5.30. The van der Waals surface area contributed by atoms with Crippen molar-refractivity contribution in [2.24, 2.45) is 5.92 Å². The van der Waals surface area contributed by atoms with Gasteiger partial charge in [0.1, 0.15) is 11.3 Å². The third-order valence-corrected chi connectivity index (χ3v) is 5.27. The minimum atomic E-state index is -0.230. The highest BCUT2D eigenvalue weighted by Gasteiger charge is 2.08. The van der Waals surface area contributed by atoms with Crippen LogP contribution in [0.2, 0.25) is 0 Å². The zero-order valence-electron chi connectivity index (χ0n) is 18.4. The number of allylic oxidation sites excluding steroid dienone is 1. The molecule has 0 bridgehead atoms. The van der Waals surface area contributed by atoms with Gasteiger partial charge in [-0.2, -0.15) is 4.68 Å². The quantitative estimate of drug-likeness (QED) is 0.247. The molecule has 0 spiro atoms. The summed E-state index contributed by atoms with van der Waals surface area (Å²) in [7, 11) is 0. The Bertz CT molecular complexity index is 1210. The van der Waals surface area contributed by atoms with E-state index in [0.29, 0.717) is 17.0 Å². The highest BCUT2D eigenvalue weighted by Crippen LogP contribution is 2.23. The van der Waals surface area contributed by atoms with Crippen LogP contribution in [0.5, 0.6) is 5.75 Å². The van der Waals surface area contributed by atoms with E-state index in [4.69, 9.17) is 4.74 Å². The molecular formula is C27H27N3O2. The molecule has 0 aliphatic heterocycles. The second kappa shape index (κ2) is 10.1. The first kappa shape index (κ1) is 21.5. The predicted molar refractivity (Wildman–Crippen MR) is 129 cm³/mol. The number of carbonyl (C=O) groups is 1. The maximum Gasteiger partial charge on any atom is 0.272 e. The molecule has 32 heavy (non-hydrogen) atoms. The second-order valence-corrected chi connectivity index (χ2v) is 8.19. The van der Waals surface area contributed by atoms with Crippen molar-refractivity contribution < 1.29 is 9.53 Å². The number of para-hydroxylation sites is 1. The Hall–Kier alpha value is -3.73. The van der Waals surface area contributed by atoms with Gasteiger partial charge in [-0.1, -0.05) is 67.6 Å². The number of rotatable bonds is 8. The first-order chi connectivity index (χ1) is 15.6. The fraction of sp³-hybridized carbons (Fsp3) is 0.222. The van der Waals surface area contributed by atoms with Gasteiger partial charge in [-0.25, -0.2) is 0 Å². The zero-order chi connectivity index (χ0) is 22.3. The van der Waals surface area contributed by atoms with Crippen LogP contribution in [-0.4, -0.2) is 27.5 Å². The first-order valence-corrected chi connectivity index (χ1v) is 11.0. The minimum Gasteiger partial charge on any atom is -0.494 e. The van der Waals surface area contributed by atoms with Crippen molar-refractivity contribution in [3.8, 4) is 16.9 Å². The lowest BCUT2D eigenvalue weighted by Crippen LogP contribution is -2.08. The van der Waals surface area contributed by atoms with Crippen molar-refractivity contribution in [1.29, 1.82) is 0 Å². The third-order valence-electron chi connectivity index (χ3n) is 5.27. The number of nitrogens with zero attached hydrogens (tertiary/aromatic N) is 3. The number of aromatic nitrogens is 3. The molecule has 0 amide bonds. The highest BCUT2D eigenvalue weighted by molar-refractivity contribution is 5.98. The van der Waals surface area contributed by atoms with E-state index in [1.54, 1.807) is 6.08 Å². The number of hydrogen-bond donors (Lipinski definition) is 0. The Labute approximate surface area is 188 Å². The van der Waals surface area contributed by atoms with E-state index in [2.05, 4.69) is 36.3 Å². The molecule has 0 aliphatic rings. The standard InChI is InChI=1S/C27H27N3O2/c1-20(2)6-5-19-32-24-16-14-23(15-17-24)22-12-9-21(10-13-22)11-18-27(31)30-26-8-4-3-7-25(26)28-29-30/h3-4,7-18,20H,5-6,19H2,1-2H3/b18-11+. The molecule has 3 aromatic carbocycles. The van der Waals surface area contributed by atoms with Crippen molar-refractivity contribution in [1.82, 2.24) is 15.0 Å². The van der Waals surface area contributed by atoms with E-state index < -0.39 is 0 Å². The molecule has 0 unspecified atom stereocenters. The maximum atomic E-state index is 12.5. The summed E-state index contributed by atoms with van der Waals surface area (Å²) in [5, 5.41) is 7.98. The highest BCUT2D eigenvalue weighted by atomic mass is 16.5. The summed E-state index contributed by atoms with van der Waals surface area (Å²) in [6.45, 7) is 5.21. The van der Waals surface area contributed by atoms with Crippen LogP contribution in [0.4, 0.5) is 0 Å². The first-order valence-electron chi connectivity index (χ1n) is 11.0. The second-order valence-electron chi connectivity index (χ2n) is 8.19. The Morgan fingerprint density at radius 1 is 0.969 bits per heavy atom. The Morgan fingerprint density at radius 2 is 1.66 bits per heavy atom. The largest absolute Gasteiger partial charge is 0.494 e. The molecule has 0 radical (unpaired) electrons. The fourth-order valence-corrected chi connectivity index (χ4v) is 3.48. The Morgan fingerprint density at radius 3 is 2.38 bits per heavy atom. The van der Waals surface area contributed by atoms with Gasteiger partial charge in [-0.15, -0.1) is 5.10 Å². The van der Waals surface area contributed by atoms with Crippen molar-refractivity contribution in [3.05, 3.63) is 84.4 Å². The van der Waals surface area contributed by atoms with Crippen LogP contribution in [-0.2, 0) is 0 Å². The minimum absolute atomic E-state index is 0.230. The van der Waals surface area contributed by atoms with Gasteiger partial charge in [-0.05, 0) is 65.8 Å². The lowest BCUT2D eigenvalue weighted by molar-refractivity contribution is 0.0958. The molecule has 5 heteroatoms. The summed E-state index contributed by atoms with van der Waals surface area (Å²) in [5.74, 6) is 1.38. The van der Waals surface area contributed by atoms with Crippen LogP contribution < -0.4 is 4.74 Å². The summed E-state index contributed by atoms with van der Waals surface area (Å²) in [4.78, 5) is 12.5. The molecule has 4 aromatic rings. The van der Waals surface area contributed by atoms with Crippen molar-refractivity contribution in [2.45, 2.75) is 26.7 Å². The SMILES string of the molecule is CC(C)CCCOc1ccc(-c2ccc(/C=C/C(=O)n3nnc4ccccc43)cc2)cc1. The fourth-order valence-electron chi connectivity index (χ4n) is 3.48. The normalized spacial score (nSPS) is 11.5. The number of benzene rings is 3. The molecule has 1 aromatic heterocycles. The molecule has 0 N–H and O–H groups in total. The lowest BCUT2D eigenvalue weighted by Gasteiger charge is -2.09. The maximum absolute atomic E-state index is 12.5. The van der Waals surface area contributed by atoms with Crippen LogP contribution in [0.1, 0.15) is 37.0 Å². The van der Waals surface area contributed by atoms with Gasteiger partial charge in [0.25, 0.3) is 5.91 Å². The van der Waals surface area contributed by atoms with Crippen molar-refractivity contribution in [3.63, 3.8) is 0 Å². The molecule has 0 atom stereocenters. The summed E-state index contributed by atoms with van der Waals surface area (Å²) in [6.07, 6.45) is 5.56. The van der Waals surface area contributed by atoms with E-state index in [1.807, 2.05) is 60.7 Å². The summed E-state index contributed by atoms with van der Waals surface area (Å²) in [6, 6.07) is 23.7. The van der Waals surface area contributed by atoms with Crippen molar-refractivity contribution >= 4 is 23.0 Å². The molecule has 0 fully saturated rings. The smallest absolute Gasteiger partial charge is 0.272 e. The summed E-state index contributed by atoms with van der Waals surface area (Å²) >= 11 is 0. The van der Waals surface area contributed by atoms with Crippen molar-refractivity contribution in [2.75, 3.05) is 6.61 Å². The van der Waals surface area contributed by atoms with Gasteiger partial charge in [0.2, 0.25) is 0 Å². The van der Waals surface area contributed by atoms with E-state index in [-0.39, 0.29) is 5.91 Å². The van der Waals surface area contributed by atoms with Gasteiger partial charge >= 0.3 is 0 Å². The average molecular weight is 426 g/mol. The van der Waals surface area contributed by atoms with Gasteiger partial charge in [0.15, 0.2) is 0 Å². The van der Waals surface area contributed by atoms with Crippen LogP contribution in [0.15, 0.2) is 78.9 Å². The van der Waals surface area contributed by atoms with Gasteiger partial charge in [0.05, 0.1) is 12.1 Å². The molecular weight excluding hydrogens is 398 g/mol. The topological polar surface area (TPSA) is 57.0 Å². The van der Waals surface area contributed by atoms with E-state index in [0.717, 1.165) is 35.5 Å². The molecule has 0 aliphatic carbocycles. The summed E-state index contributed by atoms with van der Waals surface area (Å²) < 4.78 is 7.14. The molecule has 0 saturated heterocycles. The lowest BCUT2D eigenvalue weighted by atomic mass is 10.0. The average Bonchev–Trinajstić information content (AvgIpc) is 3.25. The number of fused-ring (bicyclic) bond motifs is 1. The van der Waals surface area contributed by atoms with Crippen LogP contribution >= 0.6 is 0 Å². The number of ether oxygens (including phenoxy) is 1. The van der Waals surface area contributed by atoms with Crippen LogP contribution in [0.25, 0.3) is 28.2 Å². The number of hydrogen-bond acceptors (Lipinski definition) is 4. The van der Waals surface area contributed by atoms with E-state index >= 15 is 0 Å². The van der Waals surface area contributed by atoms with E-state index in [9.17, 15) is 4.79 Å². The molecule has 1 heterocycles.